The fourth-order valence-corrected chi connectivity index (χ4v) is 1.17. The zero-order chi connectivity index (χ0) is 14.4. The van der Waals surface area contributed by atoms with E-state index < -0.39 is 16.9 Å². The number of carboxylic acids is 1. The van der Waals surface area contributed by atoms with Crippen molar-refractivity contribution in [2.24, 2.45) is 5.41 Å². The van der Waals surface area contributed by atoms with Crippen molar-refractivity contribution in [3.63, 3.8) is 0 Å². The Bertz CT molecular complexity index is 300. The normalized spacial score (nSPS) is 12.1. The number of aliphatic carboxylic acids is 1. The van der Waals surface area contributed by atoms with Crippen molar-refractivity contribution < 1.29 is 19.4 Å². The average Bonchev–Trinajstić information content (AvgIpc) is 2.23. The lowest BCUT2D eigenvalue weighted by Crippen LogP contribution is -2.59. The number of urea groups is 1. The van der Waals surface area contributed by atoms with Crippen LogP contribution in [0, 0.1) is 5.41 Å². The van der Waals surface area contributed by atoms with Crippen molar-refractivity contribution in [1.29, 1.82) is 0 Å². The first-order chi connectivity index (χ1) is 8.15. The molecule has 0 heterocycles. The highest BCUT2D eigenvalue weighted by Gasteiger charge is 2.44. The Hall–Kier alpha value is -1.30. The summed E-state index contributed by atoms with van der Waals surface area (Å²) in [4.78, 5) is 22.8. The third kappa shape index (κ3) is 4.52. The highest BCUT2D eigenvalue weighted by atomic mass is 16.5. The molecule has 0 radical (unpaired) electrons. The summed E-state index contributed by atoms with van der Waals surface area (Å²) in [5.41, 5.74) is -1.92. The Morgan fingerprint density at radius 2 is 1.78 bits per heavy atom. The third-order valence-corrected chi connectivity index (χ3v) is 3.33. The quantitative estimate of drug-likeness (QED) is 0.600. The molecule has 0 aromatic rings. The molecule has 0 aliphatic heterocycles. The molecule has 0 bridgehead atoms. The number of carbonyl (C=O) groups excluding carboxylic acids is 1. The first kappa shape index (κ1) is 16.7. The van der Waals surface area contributed by atoms with Crippen LogP contribution in [-0.2, 0) is 9.53 Å². The molecule has 0 aromatic heterocycles. The number of ether oxygens (including phenoxy) is 1. The van der Waals surface area contributed by atoms with Crippen LogP contribution in [0.1, 0.15) is 34.1 Å². The standard InChI is InChI=1S/C12H24N2O4/c1-11(2,9(15)16)12(3,4)14-10(17)13-7-6-8-18-5/h6-8H2,1-5H3,(H,15,16)(H2,13,14,17). The smallest absolute Gasteiger partial charge is 0.315 e. The van der Waals surface area contributed by atoms with Crippen LogP contribution in [0.3, 0.4) is 0 Å². The van der Waals surface area contributed by atoms with Gasteiger partial charge in [0.2, 0.25) is 0 Å². The highest BCUT2D eigenvalue weighted by Crippen LogP contribution is 2.30. The second-order valence-corrected chi connectivity index (χ2v) is 5.28. The molecule has 0 saturated heterocycles. The summed E-state index contributed by atoms with van der Waals surface area (Å²) < 4.78 is 4.86. The predicted molar refractivity (Wildman–Crippen MR) is 68.5 cm³/mol. The minimum atomic E-state index is -1.06. The van der Waals surface area contributed by atoms with E-state index in [2.05, 4.69) is 10.6 Å². The number of carboxylic acid groups (broad SMARTS) is 1. The van der Waals surface area contributed by atoms with Crippen molar-refractivity contribution in [3.05, 3.63) is 0 Å². The van der Waals surface area contributed by atoms with Gasteiger partial charge in [-0.25, -0.2) is 4.79 Å². The van der Waals surface area contributed by atoms with E-state index in [1.54, 1.807) is 34.8 Å². The molecule has 0 aliphatic carbocycles. The molecule has 0 spiro atoms. The van der Waals surface area contributed by atoms with Gasteiger partial charge in [0.15, 0.2) is 0 Å². The summed E-state index contributed by atoms with van der Waals surface area (Å²) in [6.07, 6.45) is 0.715. The van der Waals surface area contributed by atoms with Crippen LogP contribution in [0.15, 0.2) is 0 Å². The molecule has 0 saturated carbocycles. The van der Waals surface area contributed by atoms with Crippen molar-refractivity contribution >= 4 is 12.0 Å². The lowest BCUT2D eigenvalue weighted by molar-refractivity contribution is -0.150. The van der Waals surface area contributed by atoms with Crippen molar-refractivity contribution in [2.75, 3.05) is 20.3 Å². The van der Waals surface area contributed by atoms with E-state index >= 15 is 0 Å². The number of hydrogen-bond acceptors (Lipinski definition) is 3. The fraction of sp³-hybridized carbons (Fsp3) is 0.833. The van der Waals surface area contributed by atoms with E-state index in [-0.39, 0.29) is 6.03 Å². The van der Waals surface area contributed by atoms with Crippen LogP contribution in [0.2, 0.25) is 0 Å². The Morgan fingerprint density at radius 3 is 2.22 bits per heavy atom. The van der Waals surface area contributed by atoms with Gasteiger partial charge in [0, 0.05) is 20.3 Å². The zero-order valence-corrected chi connectivity index (χ0v) is 11.8. The monoisotopic (exact) mass is 260 g/mol. The molecule has 0 fully saturated rings. The molecule has 0 unspecified atom stereocenters. The van der Waals surface area contributed by atoms with Crippen LogP contribution in [-0.4, -0.2) is 42.9 Å². The number of carbonyl (C=O) groups is 2. The second kappa shape index (κ2) is 6.58. The molecule has 3 N–H and O–H groups in total. The summed E-state index contributed by atoms with van der Waals surface area (Å²) in [7, 11) is 1.60. The Kier molecular flexibility index (Phi) is 6.11. The van der Waals surface area contributed by atoms with Crippen LogP contribution >= 0.6 is 0 Å². The first-order valence-electron chi connectivity index (χ1n) is 5.93. The van der Waals surface area contributed by atoms with Gasteiger partial charge < -0.3 is 20.5 Å². The number of methoxy groups -OCH3 is 1. The van der Waals surface area contributed by atoms with Gasteiger partial charge in [-0.2, -0.15) is 0 Å². The number of amides is 2. The van der Waals surface area contributed by atoms with Crippen molar-refractivity contribution in [1.82, 2.24) is 10.6 Å². The Labute approximate surface area is 108 Å². The van der Waals surface area contributed by atoms with Gasteiger partial charge in [0.05, 0.1) is 11.0 Å². The molecule has 6 heteroatoms. The molecule has 18 heavy (non-hydrogen) atoms. The van der Waals surface area contributed by atoms with Gasteiger partial charge in [-0.05, 0) is 34.1 Å². The van der Waals surface area contributed by atoms with Crippen molar-refractivity contribution in [3.8, 4) is 0 Å². The molecule has 0 aromatic carbocycles. The highest BCUT2D eigenvalue weighted by molar-refractivity contribution is 5.79. The van der Waals surface area contributed by atoms with Gasteiger partial charge in [0.1, 0.15) is 0 Å². The van der Waals surface area contributed by atoms with Gasteiger partial charge >= 0.3 is 12.0 Å². The van der Waals surface area contributed by atoms with Gasteiger partial charge in [-0.1, -0.05) is 0 Å². The second-order valence-electron chi connectivity index (χ2n) is 5.28. The molecule has 0 aliphatic rings. The fourth-order valence-electron chi connectivity index (χ4n) is 1.17. The number of rotatable bonds is 7. The lowest BCUT2D eigenvalue weighted by Gasteiger charge is -2.38. The number of nitrogens with one attached hydrogen (secondary N) is 2. The summed E-state index contributed by atoms with van der Waals surface area (Å²) in [6, 6.07) is -0.370. The van der Waals surface area contributed by atoms with E-state index in [0.717, 1.165) is 0 Å². The van der Waals surface area contributed by atoms with Crippen LogP contribution in [0.5, 0.6) is 0 Å². The van der Waals surface area contributed by atoms with E-state index in [9.17, 15) is 9.59 Å². The first-order valence-corrected chi connectivity index (χ1v) is 5.93. The molecular weight excluding hydrogens is 236 g/mol. The van der Waals surface area contributed by atoms with Crippen LogP contribution < -0.4 is 10.6 Å². The van der Waals surface area contributed by atoms with Gasteiger partial charge in [-0.3, -0.25) is 4.79 Å². The molecule has 0 atom stereocenters. The minimum Gasteiger partial charge on any atom is -0.481 e. The lowest BCUT2D eigenvalue weighted by atomic mass is 9.74. The molecule has 6 nitrogen and oxygen atoms in total. The molecular formula is C12H24N2O4. The number of hydrogen-bond donors (Lipinski definition) is 3. The van der Waals surface area contributed by atoms with Crippen LogP contribution in [0.25, 0.3) is 0 Å². The van der Waals surface area contributed by atoms with E-state index in [4.69, 9.17) is 9.84 Å². The van der Waals surface area contributed by atoms with Crippen LogP contribution in [0.4, 0.5) is 4.79 Å². The third-order valence-electron chi connectivity index (χ3n) is 3.33. The Morgan fingerprint density at radius 1 is 1.22 bits per heavy atom. The maximum Gasteiger partial charge on any atom is 0.315 e. The average molecular weight is 260 g/mol. The zero-order valence-electron chi connectivity index (χ0n) is 11.8. The van der Waals surface area contributed by atoms with Gasteiger partial charge in [-0.15, -0.1) is 0 Å². The Balaban J connectivity index is 4.32. The molecule has 0 rings (SSSR count). The summed E-state index contributed by atoms with van der Waals surface area (Å²) in [6.45, 7) is 7.61. The van der Waals surface area contributed by atoms with Gasteiger partial charge in [0.25, 0.3) is 0 Å². The van der Waals surface area contributed by atoms with E-state index in [0.29, 0.717) is 19.6 Å². The topological polar surface area (TPSA) is 87.7 Å². The van der Waals surface area contributed by atoms with Crippen molar-refractivity contribution in [2.45, 2.75) is 39.7 Å². The maximum absolute atomic E-state index is 11.6. The largest absolute Gasteiger partial charge is 0.481 e. The summed E-state index contributed by atoms with van der Waals surface area (Å²) >= 11 is 0. The molecule has 106 valence electrons. The summed E-state index contributed by atoms with van der Waals surface area (Å²) in [5, 5.41) is 14.5. The van der Waals surface area contributed by atoms with E-state index in [1.807, 2.05) is 0 Å². The SMILES string of the molecule is COCCCNC(=O)NC(C)(C)C(C)(C)C(=O)O. The molecule has 2 amide bonds. The predicted octanol–water partition coefficient (Wildman–Crippen LogP) is 1.21. The maximum atomic E-state index is 11.6. The van der Waals surface area contributed by atoms with E-state index in [1.165, 1.54) is 0 Å². The summed E-state index contributed by atoms with van der Waals surface area (Å²) in [5.74, 6) is -0.952. The minimum absolute atomic E-state index is 0.370.